The lowest BCUT2D eigenvalue weighted by Gasteiger charge is -2.08. The summed E-state index contributed by atoms with van der Waals surface area (Å²) >= 11 is 0. The third-order valence-corrected chi connectivity index (χ3v) is 1.14. The van der Waals surface area contributed by atoms with Crippen molar-refractivity contribution in [3.63, 3.8) is 0 Å². The average molecular weight is 242 g/mol. The maximum Gasteiger partial charge on any atom is 0.631 e. The zero-order valence-corrected chi connectivity index (χ0v) is 9.15. The van der Waals surface area contributed by atoms with E-state index in [0.717, 1.165) is 0 Å². The second kappa shape index (κ2) is 14.7. The second-order valence-corrected chi connectivity index (χ2v) is 2.45. The molecule has 0 heterocycles. The van der Waals surface area contributed by atoms with E-state index in [1.54, 1.807) is 0 Å². The second-order valence-electron chi connectivity index (χ2n) is 2.45. The van der Waals surface area contributed by atoms with Crippen LogP contribution in [0.4, 0.5) is 0 Å². The summed E-state index contributed by atoms with van der Waals surface area (Å²) in [5, 5.41) is 38.7. The Morgan fingerprint density at radius 1 is 1.06 bits per heavy atom. The Bertz CT molecular complexity index is 122. The molecule has 0 aliphatic rings. The van der Waals surface area contributed by atoms with Crippen molar-refractivity contribution < 1.29 is 39.5 Å². The van der Waals surface area contributed by atoms with Crippen LogP contribution in [0, 0.1) is 0 Å². The predicted octanol–water partition coefficient (Wildman–Crippen LogP) is -3.08. The van der Waals surface area contributed by atoms with Crippen LogP contribution in [-0.4, -0.2) is 79.0 Å². The van der Waals surface area contributed by atoms with Crippen LogP contribution in [0.25, 0.3) is 0 Å². The monoisotopic (exact) mass is 242 g/mol. The summed E-state index contributed by atoms with van der Waals surface area (Å²) in [5.41, 5.74) is 0. The molecule has 0 rings (SSSR count). The van der Waals surface area contributed by atoms with E-state index in [2.05, 4.69) is 4.74 Å². The normalized spacial score (nSPS) is 11.6. The molecule has 0 saturated heterocycles. The van der Waals surface area contributed by atoms with Gasteiger partial charge in [-0.05, 0) is 0 Å². The van der Waals surface area contributed by atoms with Gasteiger partial charge in [0.15, 0.2) is 6.29 Å². The Labute approximate surface area is 94.2 Å². The lowest BCUT2D eigenvalue weighted by molar-refractivity contribution is -0.123. The van der Waals surface area contributed by atoms with Gasteiger partial charge in [0.1, 0.15) is 0 Å². The van der Waals surface area contributed by atoms with Crippen LogP contribution in [0.3, 0.4) is 0 Å². The van der Waals surface area contributed by atoms with E-state index in [1.807, 2.05) is 0 Å². The molecule has 5 N–H and O–H groups in total. The van der Waals surface area contributed by atoms with Gasteiger partial charge in [-0.3, -0.25) is 0 Å². The highest BCUT2D eigenvalue weighted by Crippen LogP contribution is 1.85. The minimum absolute atomic E-state index is 0.0146. The van der Waals surface area contributed by atoms with Gasteiger partial charge in [-0.1, -0.05) is 0 Å². The van der Waals surface area contributed by atoms with Crippen LogP contribution < -0.4 is 0 Å². The number of hydrogen-bond acceptors (Lipinski definition) is 8. The molecule has 0 saturated carbocycles. The zero-order chi connectivity index (χ0) is 12.8. The van der Waals surface area contributed by atoms with Crippen LogP contribution in [0.1, 0.15) is 0 Å². The van der Waals surface area contributed by atoms with E-state index in [1.165, 1.54) is 7.11 Å². The number of ether oxygens (including phenoxy) is 3. The van der Waals surface area contributed by atoms with Crippen molar-refractivity contribution in [1.82, 2.24) is 0 Å². The largest absolute Gasteiger partial charge is 0.631 e. The topological polar surface area (TPSA) is 129 Å². The molecule has 0 bridgehead atoms. The van der Waals surface area contributed by atoms with Crippen LogP contribution >= 0.6 is 0 Å². The first kappa shape index (κ1) is 18.1. The molecule has 0 amide bonds. The molecule has 0 aromatic carbocycles. The van der Waals surface area contributed by atoms with Gasteiger partial charge in [0.2, 0.25) is 0 Å². The summed E-state index contributed by atoms with van der Waals surface area (Å²) in [5.74, 6) is 0. The number of hydrogen-bond donors (Lipinski definition) is 5. The molecule has 16 heavy (non-hydrogen) atoms. The molecule has 9 heteroatoms. The van der Waals surface area contributed by atoms with Gasteiger partial charge in [0.25, 0.3) is 0 Å². The minimum Gasteiger partial charge on any atom is -0.402 e. The van der Waals surface area contributed by atoms with Crippen molar-refractivity contribution in [2.24, 2.45) is 0 Å². The van der Waals surface area contributed by atoms with E-state index in [9.17, 15) is 0 Å². The van der Waals surface area contributed by atoms with Gasteiger partial charge in [-0.15, -0.1) is 0 Å². The molecule has 0 radical (unpaired) electrons. The SMILES string of the molecule is COC(O)COCCOCCO.OB(O)O. The highest BCUT2D eigenvalue weighted by atomic mass is 16.6. The quantitative estimate of drug-likeness (QED) is 0.172. The molecule has 0 aliphatic heterocycles. The summed E-state index contributed by atoms with van der Waals surface area (Å²) in [6, 6.07) is 0. The zero-order valence-electron chi connectivity index (χ0n) is 9.15. The molecule has 0 aromatic heterocycles. The molecule has 0 aromatic rings. The predicted molar refractivity (Wildman–Crippen MR) is 54.2 cm³/mol. The first-order valence-corrected chi connectivity index (χ1v) is 4.56. The van der Waals surface area contributed by atoms with E-state index in [-0.39, 0.29) is 13.2 Å². The van der Waals surface area contributed by atoms with Crippen molar-refractivity contribution in [3.8, 4) is 0 Å². The van der Waals surface area contributed by atoms with Crippen molar-refractivity contribution >= 4 is 7.32 Å². The fraction of sp³-hybridized carbons (Fsp3) is 1.00. The summed E-state index contributed by atoms with van der Waals surface area (Å²) < 4.78 is 14.4. The lowest BCUT2D eigenvalue weighted by Crippen LogP contribution is -2.19. The van der Waals surface area contributed by atoms with Gasteiger partial charge >= 0.3 is 7.32 Å². The van der Waals surface area contributed by atoms with Gasteiger partial charge in [-0.25, -0.2) is 0 Å². The fourth-order valence-electron chi connectivity index (χ4n) is 0.537. The molecule has 1 unspecified atom stereocenters. The van der Waals surface area contributed by atoms with Gasteiger partial charge in [-0.2, -0.15) is 0 Å². The molecule has 0 aliphatic carbocycles. The van der Waals surface area contributed by atoms with Gasteiger partial charge in [0.05, 0.1) is 33.0 Å². The highest BCUT2D eigenvalue weighted by molar-refractivity contribution is 6.30. The van der Waals surface area contributed by atoms with Crippen molar-refractivity contribution in [1.29, 1.82) is 0 Å². The highest BCUT2D eigenvalue weighted by Gasteiger charge is 1.99. The maximum absolute atomic E-state index is 8.83. The lowest BCUT2D eigenvalue weighted by atomic mass is 10.3. The summed E-state index contributed by atoms with van der Waals surface area (Å²) in [4.78, 5) is 0. The number of aliphatic hydroxyl groups is 2. The van der Waals surface area contributed by atoms with Crippen molar-refractivity contribution in [2.45, 2.75) is 6.29 Å². The van der Waals surface area contributed by atoms with E-state index < -0.39 is 13.6 Å². The maximum atomic E-state index is 8.83. The smallest absolute Gasteiger partial charge is 0.402 e. The number of methoxy groups -OCH3 is 1. The number of rotatable bonds is 8. The Morgan fingerprint density at radius 2 is 1.56 bits per heavy atom. The van der Waals surface area contributed by atoms with Gasteiger partial charge in [0, 0.05) is 7.11 Å². The summed E-state index contributed by atoms with van der Waals surface area (Å²) in [6.45, 7) is 1.27. The Kier molecular flexibility index (Phi) is 16.7. The first-order valence-electron chi connectivity index (χ1n) is 4.56. The molecular weight excluding hydrogens is 223 g/mol. The molecule has 8 nitrogen and oxygen atoms in total. The standard InChI is InChI=1S/C7H16O5.BH3O3/c1-10-7(9)6-12-5-4-11-3-2-8;2-1(3)4/h7-9H,2-6H2,1H3;2-4H. The van der Waals surface area contributed by atoms with Crippen LogP contribution in [0.5, 0.6) is 0 Å². The van der Waals surface area contributed by atoms with Crippen LogP contribution in [-0.2, 0) is 14.2 Å². The van der Waals surface area contributed by atoms with E-state index in [4.69, 9.17) is 34.8 Å². The molecule has 0 fully saturated rings. The fourth-order valence-corrected chi connectivity index (χ4v) is 0.537. The van der Waals surface area contributed by atoms with E-state index in [0.29, 0.717) is 19.8 Å². The Hall–Kier alpha value is -0.255. The third kappa shape index (κ3) is 23.5. The Balaban J connectivity index is 0. The molecule has 0 spiro atoms. The number of aliphatic hydroxyl groups excluding tert-OH is 2. The minimum atomic E-state index is -2.17. The van der Waals surface area contributed by atoms with E-state index >= 15 is 0 Å². The molecule has 1 atom stereocenters. The Morgan fingerprint density at radius 3 is 2.00 bits per heavy atom. The van der Waals surface area contributed by atoms with Crippen molar-refractivity contribution in [2.75, 3.05) is 40.1 Å². The van der Waals surface area contributed by atoms with Gasteiger partial charge < -0.3 is 39.5 Å². The van der Waals surface area contributed by atoms with Crippen LogP contribution in [0.15, 0.2) is 0 Å². The third-order valence-electron chi connectivity index (χ3n) is 1.14. The average Bonchev–Trinajstić information content (AvgIpc) is 2.22. The summed E-state index contributed by atoms with van der Waals surface area (Å²) in [6.07, 6.45) is -0.872. The molecule has 98 valence electrons. The molecular formula is C7H19BO8. The van der Waals surface area contributed by atoms with Crippen molar-refractivity contribution in [3.05, 3.63) is 0 Å². The van der Waals surface area contributed by atoms with Crippen LogP contribution in [0.2, 0.25) is 0 Å². The first-order chi connectivity index (χ1) is 7.54. The summed E-state index contributed by atoms with van der Waals surface area (Å²) in [7, 11) is -0.768.